The Balaban J connectivity index is 1.72. The molecule has 0 aliphatic heterocycles. The van der Waals surface area contributed by atoms with Gasteiger partial charge in [0.15, 0.2) is 11.9 Å². The zero-order valence-electron chi connectivity index (χ0n) is 16.7. The topological polar surface area (TPSA) is 81.7 Å². The Morgan fingerprint density at radius 2 is 1.79 bits per heavy atom. The van der Waals surface area contributed by atoms with Crippen LogP contribution in [0.3, 0.4) is 0 Å². The van der Waals surface area contributed by atoms with Gasteiger partial charge in [0, 0.05) is 22.7 Å². The maximum Gasteiger partial charge on any atom is 0.306 e. The van der Waals surface area contributed by atoms with Gasteiger partial charge in [-0.25, -0.2) is 0 Å². The number of amides is 1. The number of ketones is 1. The molecule has 2 rings (SSSR count). The fourth-order valence-electron chi connectivity index (χ4n) is 2.52. The molecule has 0 aliphatic carbocycles. The summed E-state index contributed by atoms with van der Waals surface area (Å²) in [5.74, 6) is -0.260. The molecule has 154 valence electrons. The molecule has 0 unspecified atom stereocenters. The lowest BCUT2D eigenvalue weighted by molar-refractivity contribution is -0.153. The van der Waals surface area contributed by atoms with Gasteiger partial charge in [-0.3, -0.25) is 14.4 Å². The number of Topliss-reactive ketones (excluding diaryl/α,β-unsaturated/α-hetero) is 1. The van der Waals surface area contributed by atoms with Crippen molar-refractivity contribution in [3.05, 3.63) is 58.6 Å². The van der Waals surface area contributed by atoms with Gasteiger partial charge in [-0.15, -0.1) is 0 Å². The average Bonchev–Trinajstić information content (AvgIpc) is 2.67. The van der Waals surface area contributed by atoms with Crippen molar-refractivity contribution < 1.29 is 23.9 Å². The van der Waals surface area contributed by atoms with Gasteiger partial charge >= 0.3 is 5.97 Å². The fourth-order valence-corrected chi connectivity index (χ4v) is 2.74. The lowest BCUT2D eigenvalue weighted by Gasteiger charge is -2.14. The Morgan fingerprint density at radius 1 is 1.10 bits per heavy atom. The minimum atomic E-state index is -0.936. The summed E-state index contributed by atoms with van der Waals surface area (Å²) in [6.45, 7) is 5.21. The second-order valence-electron chi connectivity index (χ2n) is 6.62. The lowest BCUT2D eigenvalue weighted by Crippen LogP contribution is -2.30. The first-order valence-corrected chi connectivity index (χ1v) is 9.64. The van der Waals surface area contributed by atoms with Crippen molar-refractivity contribution in [2.24, 2.45) is 0 Å². The van der Waals surface area contributed by atoms with Crippen LogP contribution in [-0.4, -0.2) is 30.4 Å². The molecule has 0 aliphatic rings. The zero-order valence-corrected chi connectivity index (χ0v) is 17.4. The number of hydrogen-bond donors (Lipinski definition) is 1. The summed E-state index contributed by atoms with van der Waals surface area (Å²) in [6, 6.07) is 11.8. The molecule has 0 heterocycles. The minimum Gasteiger partial charge on any atom is -0.493 e. The first-order chi connectivity index (χ1) is 13.8. The molecule has 0 saturated carbocycles. The molecular weight excluding hydrogens is 394 g/mol. The highest BCUT2D eigenvalue weighted by molar-refractivity contribution is 6.30. The Kier molecular flexibility index (Phi) is 8.21. The summed E-state index contributed by atoms with van der Waals surface area (Å²) in [5.41, 5.74) is 2.00. The number of anilines is 1. The van der Waals surface area contributed by atoms with Gasteiger partial charge in [0.25, 0.3) is 5.91 Å². The molecule has 2 aromatic rings. The Bertz CT molecular complexity index is 879. The second-order valence-corrected chi connectivity index (χ2v) is 7.05. The van der Waals surface area contributed by atoms with Crippen LogP contribution in [0.4, 0.5) is 5.69 Å². The van der Waals surface area contributed by atoms with Crippen molar-refractivity contribution in [2.75, 3.05) is 11.9 Å². The van der Waals surface area contributed by atoms with Crippen LogP contribution in [0.2, 0.25) is 5.02 Å². The largest absolute Gasteiger partial charge is 0.493 e. The van der Waals surface area contributed by atoms with Crippen LogP contribution >= 0.6 is 11.6 Å². The quantitative estimate of drug-likeness (QED) is 0.367. The molecule has 1 amide bonds. The number of esters is 1. The van der Waals surface area contributed by atoms with Crippen LogP contribution in [0.15, 0.2) is 42.5 Å². The maximum atomic E-state index is 12.2. The number of halogens is 1. The van der Waals surface area contributed by atoms with Crippen LogP contribution in [0.5, 0.6) is 5.75 Å². The highest BCUT2D eigenvalue weighted by atomic mass is 35.5. The molecule has 6 nitrogen and oxygen atoms in total. The van der Waals surface area contributed by atoms with Crippen LogP contribution < -0.4 is 10.1 Å². The van der Waals surface area contributed by atoms with E-state index in [2.05, 4.69) is 5.32 Å². The van der Waals surface area contributed by atoms with Crippen molar-refractivity contribution >= 4 is 34.9 Å². The second kappa shape index (κ2) is 10.6. The van der Waals surface area contributed by atoms with Crippen LogP contribution in [0.1, 0.15) is 42.6 Å². The monoisotopic (exact) mass is 417 g/mol. The van der Waals surface area contributed by atoms with Crippen molar-refractivity contribution in [3.63, 3.8) is 0 Å². The molecule has 0 aromatic heterocycles. The van der Waals surface area contributed by atoms with E-state index in [1.54, 1.807) is 42.5 Å². The molecule has 0 radical (unpaired) electrons. The molecule has 0 bridgehead atoms. The van der Waals surface area contributed by atoms with E-state index in [-0.39, 0.29) is 12.2 Å². The summed E-state index contributed by atoms with van der Waals surface area (Å²) < 4.78 is 10.8. The normalized spacial score (nSPS) is 11.4. The molecule has 0 saturated heterocycles. The number of carbonyl (C=O) groups is 3. The third kappa shape index (κ3) is 7.23. The van der Waals surface area contributed by atoms with Gasteiger partial charge < -0.3 is 14.8 Å². The summed E-state index contributed by atoms with van der Waals surface area (Å²) in [7, 11) is 0. The van der Waals surface area contributed by atoms with E-state index >= 15 is 0 Å². The van der Waals surface area contributed by atoms with E-state index in [0.717, 1.165) is 5.56 Å². The maximum absolute atomic E-state index is 12.2. The standard InChI is InChI=1S/C22H24ClNO5/c1-14-13-18(23)8-11-20(14)28-12-4-5-21(26)29-16(3)22(27)24-19-9-6-17(7-10-19)15(2)25/h6-11,13,16H,4-5,12H2,1-3H3,(H,24,27)/t16-/m0/s1. The number of hydrogen-bond acceptors (Lipinski definition) is 5. The van der Waals surface area contributed by atoms with E-state index in [1.165, 1.54) is 13.8 Å². The summed E-state index contributed by atoms with van der Waals surface area (Å²) in [5, 5.41) is 3.29. The summed E-state index contributed by atoms with van der Waals surface area (Å²) >= 11 is 5.90. The van der Waals surface area contributed by atoms with E-state index in [9.17, 15) is 14.4 Å². The Labute approximate surface area is 175 Å². The number of benzene rings is 2. The smallest absolute Gasteiger partial charge is 0.306 e. The van der Waals surface area contributed by atoms with E-state index < -0.39 is 18.0 Å². The third-order valence-corrected chi connectivity index (χ3v) is 4.39. The fraction of sp³-hybridized carbons (Fsp3) is 0.318. The number of carbonyl (C=O) groups excluding carboxylic acids is 3. The minimum absolute atomic E-state index is 0.0552. The van der Waals surface area contributed by atoms with Gasteiger partial charge in [0.1, 0.15) is 5.75 Å². The number of rotatable bonds is 9. The first kappa shape index (κ1) is 22.4. The molecule has 29 heavy (non-hydrogen) atoms. The SMILES string of the molecule is CC(=O)c1ccc(NC(=O)[C@H](C)OC(=O)CCCOc2ccc(Cl)cc2C)cc1. The molecular formula is C22H24ClNO5. The average molecular weight is 418 g/mol. The Hall–Kier alpha value is -2.86. The number of nitrogens with one attached hydrogen (secondary N) is 1. The first-order valence-electron chi connectivity index (χ1n) is 9.26. The summed E-state index contributed by atoms with van der Waals surface area (Å²) in [4.78, 5) is 35.4. The predicted molar refractivity (Wildman–Crippen MR) is 112 cm³/mol. The van der Waals surface area contributed by atoms with Gasteiger partial charge in [-0.2, -0.15) is 0 Å². The molecule has 0 fully saturated rings. The molecule has 0 spiro atoms. The van der Waals surface area contributed by atoms with Crippen molar-refractivity contribution in [1.29, 1.82) is 0 Å². The van der Waals surface area contributed by atoms with E-state index in [1.807, 2.05) is 6.92 Å². The van der Waals surface area contributed by atoms with Gasteiger partial charge in [0.2, 0.25) is 0 Å². The van der Waals surface area contributed by atoms with Crippen molar-refractivity contribution in [3.8, 4) is 5.75 Å². The van der Waals surface area contributed by atoms with Gasteiger partial charge in [-0.1, -0.05) is 11.6 Å². The predicted octanol–water partition coefficient (Wildman–Crippen LogP) is 4.58. The highest BCUT2D eigenvalue weighted by Crippen LogP contribution is 2.22. The van der Waals surface area contributed by atoms with Gasteiger partial charge in [-0.05, 0) is 75.2 Å². The highest BCUT2D eigenvalue weighted by Gasteiger charge is 2.18. The number of ether oxygens (including phenoxy) is 2. The zero-order chi connectivity index (χ0) is 21.4. The van der Waals surface area contributed by atoms with Crippen molar-refractivity contribution in [1.82, 2.24) is 0 Å². The Morgan fingerprint density at radius 3 is 2.41 bits per heavy atom. The van der Waals surface area contributed by atoms with Crippen LogP contribution in [0.25, 0.3) is 0 Å². The molecule has 2 aromatic carbocycles. The van der Waals surface area contributed by atoms with Crippen LogP contribution in [0, 0.1) is 6.92 Å². The molecule has 7 heteroatoms. The lowest BCUT2D eigenvalue weighted by atomic mass is 10.1. The van der Waals surface area contributed by atoms with Crippen LogP contribution in [-0.2, 0) is 14.3 Å². The summed E-state index contributed by atoms with van der Waals surface area (Å²) in [6.07, 6.45) is -0.339. The number of aryl methyl sites for hydroxylation is 1. The van der Waals surface area contributed by atoms with Gasteiger partial charge in [0.05, 0.1) is 6.61 Å². The van der Waals surface area contributed by atoms with E-state index in [4.69, 9.17) is 21.1 Å². The van der Waals surface area contributed by atoms with E-state index in [0.29, 0.717) is 35.1 Å². The third-order valence-electron chi connectivity index (χ3n) is 4.16. The van der Waals surface area contributed by atoms with Crippen molar-refractivity contribution in [2.45, 2.75) is 39.7 Å². The molecule has 1 atom stereocenters. The molecule has 1 N–H and O–H groups in total.